The van der Waals surface area contributed by atoms with Crippen molar-refractivity contribution in [3.8, 4) is 23.0 Å². The molecule has 0 saturated heterocycles. The van der Waals surface area contributed by atoms with Crippen LogP contribution in [0.2, 0.25) is 0 Å². The van der Waals surface area contributed by atoms with Gasteiger partial charge in [-0.15, -0.1) is 0 Å². The second-order valence-electron chi connectivity index (χ2n) is 11.0. The molecular formula is C31H37N3O8S. The van der Waals surface area contributed by atoms with E-state index in [4.69, 9.17) is 18.9 Å². The maximum absolute atomic E-state index is 13.8. The van der Waals surface area contributed by atoms with E-state index in [-0.39, 0.29) is 47.1 Å². The summed E-state index contributed by atoms with van der Waals surface area (Å²) < 4.78 is 52.1. The summed E-state index contributed by atoms with van der Waals surface area (Å²) in [6, 6.07) is 16.2. The lowest BCUT2D eigenvalue weighted by Crippen LogP contribution is -2.49. The number of ether oxygens (including phenoxy) is 4. The van der Waals surface area contributed by atoms with Gasteiger partial charge < -0.3 is 29.0 Å². The van der Waals surface area contributed by atoms with E-state index in [1.165, 1.54) is 19.2 Å². The molecule has 11 nitrogen and oxygen atoms in total. The second kappa shape index (κ2) is 12.7. The van der Waals surface area contributed by atoms with Gasteiger partial charge in [0, 0.05) is 25.6 Å². The van der Waals surface area contributed by atoms with Crippen molar-refractivity contribution in [2.24, 2.45) is 5.92 Å². The Morgan fingerprint density at radius 2 is 1.86 bits per heavy atom. The van der Waals surface area contributed by atoms with Gasteiger partial charge in [-0.1, -0.05) is 19.1 Å². The lowest BCUT2D eigenvalue weighted by atomic mass is 9.99. The van der Waals surface area contributed by atoms with Crippen LogP contribution in [0.3, 0.4) is 0 Å². The minimum absolute atomic E-state index is 0.0342. The molecule has 0 radical (unpaired) electrons. The minimum Gasteiger partial charge on any atom is -0.497 e. The Morgan fingerprint density at radius 3 is 2.58 bits per heavy atom. The van der Waals surface area contributed by atoms with Crippen molar-refractivity contribution in [1.29, 1.82) is 0 Å². The number of aliphatic hydroxyl groups is 1. The third-order valence-electron chi connectivity index (χ3n) is 7.69. The molecule has 0 aliphatic carbocycles. The normalized spacial score (nSPS) is 18.8. The molecule has 0 saturated carbocycles. The Labute approximate surface area is 252 Å². The zero-order valence-electron chi connectivity index (χ0n) is 24.6. The average Bonchev–Trinajstić information content (AvgIpc) is 3.47. The van der Waals surface area contributed by atoms with Crippen molar-refractivity contribution in [3.63, 3.8) is 0 Å². The number of methoxy groups -OCH3 is 1. The van der Waals surface area contributed by atoms with Gasteiger partial charge in [0.05, 0.1) is 35.9 Å². The van der Waals surface area contributed by atoms with Gasteiger partial charge in [-0.2, -0.15) is 0 Å². The lowest BCUT2D eigenvalue weighted by Gasteiger charge is -2.38. The SMILES string of the molecule is COc1ccc(S(=O)(=O)Nc2cccc3c2O[C@@H](CN(C)Cc2ccc4c(c2)OCO4)[C@@H](C)CN([C@@H](C)CO)C3=O)cc1. The summed E-state index contributed by atoms with van der Waals surface area (Å²) in [5.74, 6) is 1.59. The van der Waals surface area contributed by atoms with E-state index in [0.29, 0.717) is 36.9 Å². The summed E-state index contributed by atoms with van der Waals surface area (Å²) >= 11 is 0. The van der Waals surface area contributed by atoms with Crippen LogP contribution in [-0.4, -0.2) is 82.0 Å². The van der Waals surface area contributed by atoms with E-state index in [9.17, 15) is 18.3 Å². The Morgan fingerprint density at radius 1 is 1.12 bits per heavy atom. The van der Waals surface area contributed by atoms with E-state index in [1.807, 2.05) is 32.2 Å². The highest BCUT2D eigenvalue weighted by molar-refractivity contribution is 7.92. The number of benzene rings is 3. The molecular weight excluding hydrogens is 574 g/mol. The minimum atomic E-state index is -4.03. The van der Waals surface area contributed by atoms with Crippen LogP contribution in [-0.2, 0) is 16.6 Å². The van der Waals surface area contributed by atoms with Gasteiger partial charge in [-0.05, 0) is 68.1 Å². The molecule has 2 aliphatic rings. The number of anilines is 1. The highest BCUT2D eigenvalue weighted by Crippen LogP contribution is 2.37. The molecule has 1 amide bonds. The molecule has 230 valence electrons. The van der Waals surface area contributed by atoms with E-state index in [0.717, 1.165) is 5.56 Å². The molecule has 0 fully saturated rings. The Balaban J connectivity index is 1.46. The molecule has 0 unspecified atom stereocenters. The van der Waals surface area contributed by atoms with Gasteiger partial charge >= 0.3 is 0 Å². The Hall–Kier alpha value is -4.00. The fourth-order valence-electron chi connectivity index (χ4n) is 5.22. The van der Waals surface area contributed by atoms with Gasteiger partial charge in [0.25, 0.3) is 15.9 Å². The number of carbonyl (C=O) groups excluding carboxylic acids is 1. The van der Waals surface area contributed by atoms with Crippen molar-refractivity contribution >= 4 is 21.6 Å². The summed E-state index contributed by atoms with van der Waals surface area (Å²) in [5.41, 5.74) is 1.39. The van der Waals surface area contributed by atoms with Crippen molar-refractivity contribution < 1.29 is 37.3 Å². The van der Waals surface area contributed by atoms with Crippen molar-refractivity contribution in [3.05, 3.63) is 71.8 Å². The number of para-hydroxylation sites is 1. The number of nitrogens with one attached hydrogen (secondary N) is 1. The van der Waals surface area contributed by atoms with E-state index in [1.54, 1.807) is 42.2 Å². The number of likely N-dealkylation sites (N-methyl/N-ethyl adjacent to an activating group) is 1. The number of aliphatic hydroxyl groups excluding tert-OH is 1. The predicted octanol–water partition coefficient (Wildman–Crippen LogP) is 3.58. The summed E-state index contributed by atoms with van der Waals surface area (Å²) in [4.78, 5) is 17.5. The average molecular weight is 612 g/mol. The van der Waals surface area contributed by atoms with Crippen LogP contribution in [0.4, 0.5) is 5.69 Å². The smallest absolute Gasteiger partial charge is 0.262 e. The number of carbonyl (C=O) groups is 1. The number of fused-ring (bicyclic) bond motifs is 2. The monoisotopic (exact) mass is 611 g/mol. The molecule has 0 spiro atoms. The van der Waals surface area contributed by atoms with Gasteiger partial charge in [0.1, 0.15) is 11.9 Å². The van der Waals surface area contributed by atoms with E-state index >= 15 is 0 Å². The predicted molar refractivity (Wildman–Crippen MR) is 160 cm³/mol. The molecule has 2 heterocycles. The van der Waals surface area contributed by atoms with Crippen LogP contribution in [0.5, 0.6) is 23.0 Å². The quantitative estimate of drug-likeness (QED) is 0.354. The fourth-order valence-corrected chi connectivity index (χ4v) is 6.29. The molecule has 12 heteroatoms. The highest BCUT2D eigenvalue weighted by atomic mass is 32.2. The van der Waals surface area contributed by atoms with E-state index < -0.39 is 22.2 Å². The number of nitrogens with zero attached hydrogens (tertiary/aromatic N) is 2. The van der Waals surface area contributed by atoms with Crippen LogP contribution in [0, 0.1) is 5.92 Å². The number of rotatable bonds is 10. The molecule has 3 aromatic carbocycles. The maximum Gasteiger partial charge on any atom is 0.262 e. The summed E-state index contributed by atoms with van der Waals surface area (Å²) in [5, 5.41) is 9.96. The molecule has 2 N–H and O–H groups in total. The van der Waals surface area contributed by atoms with Crippen LogP contribution in [0.15, 0.2) is 65.6 Å². The van der Waals surface area contributed by atoms with Gasteiger partial charge in [0.2, 0.25) is 6.79 Å². The van der Waals surface area contributed by atoms with Crippen LogP contribution >= 0.6 is 0 Å². The highest BCUT2D eigenvalue weighted by Gasteiger charge is 2.35. The standard InChI is InChI=1S/C31H37N3O8S/c1-20-15-34(21(2)18-35)31(36)25-6-5-7-26(32-43(37,38)24-11-9-23(39-4)10-12-24)30(25)42-29(20)17-33(3)16-22-8-13-27-28(14-22)41-19-40-27/h5-14,20-21,29,32,35H,15-19H2,1-4H3/t20-,21-,29-/m0/s1. The third kappa shape index (κ3) is 6.66. The first-order valence-electron chi connectivity index (χ1n) is 14.0. The third-order valence-corrected chi connectivity index (χ3v) is 9.07. The number of hydrogen-bond donors (Lipinski definition) is 2. The molecule has 43 heavy (non-hydrogen) atoms. The van der Waals surface area contributed by atoms with Crippen LogP contribution in [0.1, 0.15) is 29.8 Å². The topological polar surface area (TPSA) is 127 Å². The first-order valence-corrected chi connectivity index (χ1v) is 15.5. The molecule has 0 aromatic heterocycles. The zero-order valence-corrected chi connectivity index (χ0v) is 25.5. The number of hydrogen-bond acceptors (Lipinski definition) is 9. The lowest BCUT2D eigenvalue weighted by molar-refractivity contribution is 0.0344. The summed E-state index contributed by atoms with van der Waals surface area (Å²) in [6.45, 7) is 5.18. The van der Waals surface area contributed by atoms with Gasteiger partial charge in [-0.3, -0.25) is 14.4 Å². The summed E-state index contributed by atoms with van der Waals surface area (Å²) in [6.07, 6.45) is -0.425. The van der Waals surface area contributed by atoms with Crippen molar-refractivity contribution in [2.75, 3.05) is 45.4 Å². The molecule has 5 rings (SSSR count). The first-order chi connectivity index (χ1) is 20.6. The Bertz CT molecular complexity index is 1560. The molecule has 2 aliphatic heterocycles. The van der Waals surface area contributed by atoms with Gasteiger partial charge in [-0.25, -0.2) is 8.42 Å². The first kappa shape index (κ1) is 30.5. The fraction of sp³-hybridized carbons (Fsp3) is 0.387. The second-order valence-corrected chi connectivity index (χ2v) is 12.7. The zero-order chi connectivity index (χ0) is 30.7. The summed E-state index contributed by atoms with van der Waals surface area (Å²) in [7, 11) is -0.555. The number of amides is 1. The van der Waals surface area contributed by atoms with Crippen molar-refractivity contribution in [2.45, 2.75) is 37.4 Å². The van der Waals surface area contributed by atoms with Gasteiger partial charge in [0.15, 0.2) is 17.2 Å². The van der Waals surface area contributed by atoms with Crippen molar-refractivity contribution in [1.82, 2.24) is 9.80 Å². The molecule has 3 atom stereocenters. The molecule has 0 bridgehead atoms. The maximum atomic E-state index is 13.8. The Kier molecular flexibility index (Phi) is 9.00. The van der Waals surface area contributed by atoms with Crippen LogP contribution < -0.4 is 23.7 Å². The van der Waals surface area contributed by atoms with E-state index in [2.05, 4.69) is 9.62 Å². The molecule has 3 aromatic rings. The number of sulfonamides is 1. The van der Waals surface area contributed by atoms with Crippen LogP contribution in [0.25, 0.3) is 0 Å². The largest absolute Gasteiger partial charge is 0.497 e.